The molecule has 0 unspecified atom stereocenters. The average Bonchev–Trinajstić information content (AvgIpc) is 2.14. The number of carbonyl (C=O) groups excluding carboxylic acids is 1. The monoisotopic (exact) mass is 220 g/mol. The van der Waals surface area contributed by atoms with Crippen LogP contribution in [0.2, 0.25) is 0 Å². The van der Waals surface area contributed by atoms with E-state index in [0.29, 0.717) is 12.1 Å². The Morgan fingerprint density at radius 1 is 1.38 bits per heavy atom. The lowest BCUT2D eigenvalue weighted by molar-refractivity contribution is -0.120. The number of benzene rings is 1. The van der Waals surface area contributed by atoms with Crippen molar-refractivity contribution in [3.8, 4) is 0 Å². The summed E-state index contributed by atoms with van der Waals surface area (Å²) < 4.78 is 0. The molecule has 16 heavy (non-hydrogen) atoms. The molecule has 0 atom stereocenters. The molecule has 3 nitrogen and oxygen atoms in total. The first kappa shape index (κ1) is 12.6. The molecule has 0 saturated heterocycles. The van der Waals surface area contributed by atoms with Gasteiger partial charge in [-0.2, -0.15) is 0 Å². The van der Waals surface area contributed by atoms with Gasteiger partial charge >= 0.3 is 0 Å². The first-order chi connectivity index (χ1) is 7.29. The van der Waals surface area contributed by atoms with Gasteiger partial charge in [-0.3, -0.25) is 4.79 Å². The van der Waals surface area contributed by atoms with E-state index in [1.54, 1.807) is 18.0 Å². The number of rotatable bonds is 2. The molecular formula is C13H20N2O. The maximum atomic E-state index is 12.0. The highest BCUT2D eigenvalue weighted by molar-refractivity contribution is 5.93. The van der Waals surface area contributed by atoms with E-state index in [1.807, 2.05) is 18.2 Å². The fourth-order valence-corrected chi connectivity index (χ4v) is 1.45. The van der Waals surface area contributed by atoms with Crippen LogP contribution in [0.15, 0.2) is 24.3 Å². The van der Waals surface area contributed by atoms with Gasteiger partial charge in [0.15, 0.2) is 0 Å². The molecule has 0 aliphatic carbocycles. The third-order valence-corrected chi connectivity index (χ3v) is 2.31. The molecule has 0 heterocycles. The van der Waals surface area contributed by atoms with Crippen LogP contribution in [-0.4, -0.2) is 13.0 Å². The van der Waals surface area contributed by atoms with Crippen molar-refractivity contribution in [2.75, 3.05) is 17.7 Å². The zero-order chi connectivity index (χ0) is 12.3. The molecule has 0 bridgehead atoms. The molecular weight excluding hydrogens is 200 g/mol. The third-order valence-electron chi connectivity index (χ3n) is 2.31. The van der Waals surface area contributed by atoms with E-state index in [1.165, 1.54) is 0 Å². The lowest BCUT2D eigenvalue weighted by atomic mass is 9.91. The van der Waals surface area contributed by atoms with Crippen molar-refractivity contribution in [1.82, 2.24) is 0 Å². The van der Waals surface area contributed by atoms with Crippen molar-refractivity contribution in [1.29, 1.82) is 0 Å². The number of nitrogens with two attached hydrogens (primary N) is 1. The Kier molecular flexibility index (Phi) is 3.58. The lowest BCUT2D eigenvalue weighted by Crippen LogP contribution is -2.29. The van der Waals surface area contributed by atoms with E-state index in [-0.39, 0.29) is 11.3 Å². The van der Waals surface area contributed by atoms with Crippen LogP contribution in [0.3, 0.4) is 0 Å². The van der Waals surface area contributed by atoms with E-state index in [9.17, 15) is 4.79 Å². The summed E-state index contributed by atoms with van der Waals surface area (Å²) in [4.78, 5) is 13.6. The van der Waals surface area contributed by atoms with E-state index < -0.39 is 0 Å². The third kappa shape index (κ3) is 3.57. The summed E-state index contributed by atoms with van der Waals surface area (Å²) >= 11 is 0. The van der Waals surface area contributed by atoms with E-state index >= 15 is 0 Å². The minimum atomic E-state index is 0.00562. The maximum absolute atomic E-state index is 12.0. The summed E-state index contributed by atoms with van der Waals surface area (Å²) in [6, 6.07) is 7.36. The first-order valence-corrected chi connectivity index (χ1v) is 5.42. The zero-order valence-corrected chi connectivity index (χ0v) is 10.4. The van der Waals surface area contributed by atoms with Gasteiger partial charge in [-0.05, 0) is 23.6 Å². The number of nitrogen functional groups attached to an aromatic ring is 1. The molecule has 1 amide bonds. The molecule has 0 aliphatic rings. The minimum Gasteiger partial charge on any atom is -0.399 e. The Hall–Kier alpha value is -1.51. The summed E-state index contributed by atoms with van der Waals surface area (Å²) in [6.07, 6.45) is 0.526. The average molecular weight is 220 g/mol. The van der Waals surface area contributed by atoms with Gasteiger partial charge < -0.3 is 10.6 Å². The summed E-state index contributed by atoms with van der Waals surface area (Å²) in [5.41, 5.74) is 7.21. The predicted molar refractivity (Wildman–Crippen MR) is 68.3 cm³/mol. The Labute approximate surface area is 97.2 Å². The molecule has 0 aromatic heterocycles. The van der Waals surface area contributed by atoms with Crippen LogP contribution in [0.25, 0.3) is 0 Å². The quantitative estimate of drug-likeness (QED) is 0.779. The largest absolute Gasteiger partial charge is 0.399 e. The van der Waals surface area contributed by atoms with Gasteiger partial charge in [0.05, 0.1) is 0 Å². The number of amides is 1. The summed E-state index contributed by atoms with van der Waals surface area (Å²) in [6.45, 7) is 6.16. The van der Waals surface area contributed by atoms with Gasteiger partial charge in [0.1, 0.15) is 0 Å². The Bertz CT molecular complexity index is 380. The molecule has 0 spiro atoms. The second-order valence-electron chi connectivity index (χ2n) is 5.29. The minimum absolute atomic E-state index is 0.00562. The Balaban J connectivity index is 2.78. The molecule has 3 heteroatoms. The van der Waals surface area contributed by atoms with Crippen LogP contribution in [0, 0.1) is 5.41 Å². The molecule has 0 aliphatic heterocycles. The number of carbonyl (C=O) groups is 1. The lowest BCUT2D eigenvalue weighted by Gasteiger charge is -2.23. The highest BCUT2D eigenvalue weighted by atomic mass is 16.2. The second kappa shape index (κ2) is 4.56. The van der Waals surface area contributed by atoms with Crippen molar-refractivity contribution in [3.05, 3.63) is 24.3 Å². The van der Waals surface area contributed by atoms with E-state index in [4.69, 9.17) is 5.73 Å². The fraction of sp³-hybridized carbons (Fsp3) is 0.462. The van der Waals surface area contributed by atoms with E-state index in [0.717, 1.165) is 5.69 Å². The van der Waals surface area contributed by atoms with Crippen molar-refractivity contribution in [2.24, 2.45) is 5.41 Å². The van der Waals surface area contributed by atoms with Gasteiger partial charge in [-0.25, -0.2) is 0 Å². The summed E-state index contributed by atoms with van der Waals surface area (Å²) in [5.74, 6) is 0.109. The Morgan fingerprint density at radius 2 is 2.00 bits per heavy atom. The van der Waals surface area contributed by atoms with Crippen molar-refractivity contribution in [3.63, 3.8) is 0 Å². The number of hydrogen-bond acceptors (Lipinski definition) is 2. The Morgan fingerprint density at radius 3 is 2.50 bits per heavy atom. The zero-order valence-electron chi connectivity index (χ0n) is 10.4. The van der Waals surface area contributed by atoms with Crippen molar-refractivity contribution < 1.29 is 4.79 Å². The van der Waals surface area contributed by atoms with Gasteiger partial charge in [0, 0.05) is 24.8 Å². The standard InChI is InChI=1S/C13H20N2O/c1-13(2,3)9-12(16)15(4)11-7-5-6-10(14)8-11/h5-8H,9,14H2,1-4H3. The van der Waals surface area contributed by atoms with Crippen LogP contribution < -0.4 is 10.6 Å². The van der Waals surface area contributed by atoms with Crippen LogP contribution in [-0.2, 0) is 4.79 Å². The molecule has 0 saturated carbocycles. The summed E-state index contributed by atoms with van der Waals surface area (Å²) in [7, 11) is 1.78. The highest BCUT2D eigenvalue weighted by Gasteiger charge is 2.19. The number of anilines is 2. The number of hydrogen-bond donors (Lipinski definition) is 1. The van der Waals surface area contributed by atoms with Crippen molar-refractivity contribution in [2.45, 2.75) is 27.2 Å². The molecule has 1 aromatic rings. The SMILES string of the molecule is CN(C(=O)CC(C)(C)C)c1cccc(N)c1. The molecule has 0 fully saturated rings. The van der Waals surface area contributed by atoms with Crippen molar-refractivity contribution >= 4 is 17.3 Å². The first-order valence-electron chi connectivity index (χ1n) is 5.42. The predicted octanol–water partition coefficient (Wildman–Crippen LogP) is 2.67. The van der Waals surface area contributed by atoms with Gasteiger partial charge in [0.25, 0.3) is 0 Å². The second-order valence-corrected chi connectivity index (χ2v) is 5.29. The molecule has 88 valence electrons. The smallest absolute Gasteiger partial charge is 0.227 e. The number of nitrogens with zero attached hydrogens (tertiary/aromatic N) is 1. The normalized spacial score (nSPS) is 11.2. The van der Waals surface area contributed by atoms with Gasteiger partial charge in [-0.15, -0.1) is 0 Å². The highest BCUT2D eigenvalue weighted by Crippen LogP contribution is 2.23. The van der Waals surface area contributed by atoms with Crippen LogP contribution in [0.5, 0.6) is 0 Å². The van der Waals surface area contributed by atoms with Gasteiger partial charge in [0.2, 0.25) is 5.91 Å². The van der Waals surface area contributed by atoms with E-state index in [2.05, 4.69) is 20.8 Å². The molecule has 2 N–H and O–H groups in total. The van der Waals surface area contributed by atoms with Crippen LogP contribution >= 0.6 is 0 Å². The molecule has 1 aromatic carbocycles. The topological polar surface area (TPSA) is 46.3 Å². The van der Waals surface area contributed by atoms with Gasteiger partial charge in [-0.1, -0.05) is 26.8 Å². The maximum Gasteiger partial charge on any atom is 0.227 e. The van der Waals surface area contributed by atoms with Crippen LogP contribution in [0.1, 0.15) is 27.2 Å². The van der Waals surface area contributed by atoms with Crippen LogP contribution in [0.4, 0.5) is 11.4 Å². The molecule has 1 rings (SSSR count). The molecule has 0 radical (unpaired) electrons. The fourth-order valence-electron chi connectivity index (χ4n) is 1.45. The summed E-state index contributed by atoms with van der Waals surface area (Å²) in [5, 5.41) is 0.